The minimum absolute atomic E-state index is 0.173. The Bertz CT molecular complexity index is 603. The number of aliphatic hydroxyl groups is 1. The summed E-state index contributed by atoms with van der Waals surface area (Å²) in [6.45, 7) is 3.84. The van der Waals surface area contributed by atoms with Crippen LogP contribution in [0.5, 0.6) is 0 Å². The van der Waals surface area contributed by atoms with Gasteiger partial charge in [-0.2, -0.15) is 0 Å². The van der Waals surface area contributed by atoms with Crippen molar-refractivity contribution in [2.75, 3.05) is 23.4 Å². The van der Waals surface area contributed by atoms with E-state index in [0.29, 0.717) is 0 Å². The first-order chi connectivity index (χ1) is 10.3. The summed E-state index contributed by atoms with van der Waals surface area (Å²) in [5.74, 6) is 1.68. The van der Waals surface area contributed by atoms with Gasteiger partial charge in [-0.1, -0.05) is 0 Å². The average Bonchev–Trinajstić information content (AvgIpc) is 3.14. The lowest BCUT2D eigenvalue weighted by Gasteiger charge is -2.24. The Labute approximate surface area is 127 Å². The Hall–Kier alpha value is -1.73. The highest BCUT2D eigenvalue weighted by Crippen LogP contribution is 2.24. The van der Waals surface area contributed by atoms with Gasteiger partial charge >= 0.3 is 0 Å². The minimum Gasteiger partial charge on any atom is -0.394 e. The van der Waals surface area contributed by atoms with Crippen molar-refractivity contribution in [1.29, 1.82) is 0 Å². The molecule has 7 heteroatoms. The molecule has 6 nitrogen and oxygen atoms in total. The van der Waals surface area contributed by atoms with E-state index in [2.05, 4.69) is 25.2 Å². The fraction of sp³-hybridized carbons (Fsp3) is 0.500. The van der Waals surface area contributed by atoms with E-state index in [1.807, 2.05) is 18.5 Å². The Morgan fingerprint density at radius 3 is 3.10 bits per heavy atom. The van der Waals surface area contributed by atoms with E-state index in [9.17, 15) is 5.11 Å². The number of hydrogen-bond donors (Lipinski definition) is 2. The van der Waals surface area contributed by atoms with Crippen LogP contribution in [0, 0.1) is 6.92 Å². The fourth-order valence-corrected chi connectivity index (χ4v) is 3.31. The summed E-state index contributed by atoms with van der Waals surface area (Å²) in [6, 6.07) is 2.13. The van der Waals surface area contributed by atoms with E-state index >= 15 is 0 Å². The molecule has 0 saturated carbocycles. The monoisotopic (exact) mass is 305 g/mol. The smallest absolute Gasteiger partial charge is 0.134 e. The van der Waals surface area contributed by atoms with Gasteiger partial charge in [0.25, 0.3) is 0 Å². The molecular formula is C14H19N5OS. The van der Waals surface area contributed by atoms with Crippen molar-refractivity contribution in [3.8, 4) is 0 Å². The Morgan fingerprint density at radius 1 is 1.43 bits per heavy atom. The number of rotatable bonds is 5. The van der Waals surface area contributed by atoms with Gasteiger partial charge in [0, 0.05) is 17.5 Å². The zero-order valence-corrected chi connectivity index (χ0v) is 12.8. The quantitative estimate of drug-likeness (QED) is 0.877. The molecule has 0 aliphatic carbocycles. The summed E-state index contributed by atoms with van der Waals surface area (Å²) in [4.78, 5) is 16.2. The molecule has 0 radical (unpaired) electrons. The standard InChI is InChI=1S/C14H19N5OS/c1-10-12(21-9-18-10)6-15-13-5-14(17-8-16-13)19-4-2-3-11(19)7-20/h5,8-9,11,20H,2-4,6-7H2,1H3,(H,15,16,17)/t11-/m0/s1. The van der Waals surface area contributed by atoms with Gasteiger partial charge in [-0.25, -0.2) is 15.0 Å². The number of thiazole rings is 1. The van der Waals surface area contributed by atoms with Crippen molar-refractivity contribution >= 4 is 23.0 Å². The molecule has 1 aliphatic heterocycles. The molecule has 1 fully saturated rings. The third-order valence-electron chi connectivity index (χ3n) is 3.81. The highest BCUT2D eigenvalue weighted by atomic mass is 32.1. The number of nitrogens with one attached hydrogen (secondary N) is 1. The maximum absolute atomic E-state index is 9.42. The number of aryl methyl sites for hydroxylation is 1. The zero-order valence-electron chi connectivity index (χ0n) is 12.0. The van der Waals surface area contributed by atoms with Gasteiger partial charge in [0.15, 0.2) is 0 Å². The molecule has 1 atom stereocenters. The molecule has 21 heavy (non-hydrogen) atoms. The molecule has 3 heterocycles. The summed E-state index contributed by atoms with van der Waals surface area (Å²) in [6.07, 6.45) is 3.69. The van der Waals surface area contributed by atoms with Gasteiger partial charge in [0.2, 0.25) is 0 Å². The molecule has 2 aromatic rings. The molecule has 3 rings (SSSR count). The largest absolute Gasteiger partial charge is 0.394 e. The Morgan fingerprint density at radius 2 is 2.33 bits per heavy atom. The lowest BCUT2D eigenvalue weighted by molar-refractivity contribution is 0.266. The van der Waals surface area contributed by atoms with Gasteiger partial charge in [-0.05, 0) is 19.8 Å². The van der Waals surface area contributed by atoms with Crippen LogP contribution in [0.1, 0.15) is 23.4 Å². The van der Waals surface area contributed by atoms with Crippen LogP contribution in [0.4, 0.5) is 11.6 Å². The van der Waals surface area contributed by atoms with E-state index in [-0.39, 0.29) is 12.6 Å². The van der Waals surface area contributed by atoms with Crippen LogP contribution in [0.15, 0.2) is 17.9 Å². The van der Waals surface area contributed by atoms with Crippen molar-refractivity contribution in [2.45, 2.75) is 32.4 Å². The summed E-state index contributed by atoms with van der Waals surface area (Å²) in [5, 5.41) is 12.7. The van der Waals surface area contributed by atoms with Crippen LogP contribution in [-0.4, -0.2) is 39.3 Å². The van der Waals surface area contributed by atoms with Crippen LogP contribution >= 0.6 is 11.3 Å². The van der Waals surface area contributed by atoms with E-state index in [1.165, 1.54) is 4.88 Å². The lowest BCUT2D eigenvalue weighted by Crippen LogP contribution is -2.32. The van der Waals surface area contributed by atoms with Crippen LogP contribution in [-0.2, 0) is 6.54 Å². The molecule has 1 aliphatic rings. The van der Waals surface area contributed by atoms with Crippen LogP contribution in [0.2, 0.25) is 0 Å². The molecule has 0 spiro atoms. The molecule has 2 N–H and O–H groups in total. The second kappa shape index (κ2) is 6.36. The van der Waals surface area contributed by atoms with Crippen molar-refractivity contribution < 1.29 is 5.11 Å². The second-order valence-electron chi connectivity index (χ2n) is 5.15. The summed E-state index contributed by atoms with van der Waals surface area (Å²) in [5.41, 5.74) is 2.91. The summed E-state index contributed by atoms with van der Waals surface area (Å²) < 4.78 is 0. The van der Waals surface area contributed by atoms with Crippen molar-refractivity contribution in [1.82, 2.24) is 15.0 Å². The van der Waals surface area contributed by atoms with Gasteiger partial charge in [0.05, 0.1) is 30.4 Å². The molecular weight excluding hydrogens is 286 g/mol. The molecule has 0 aromatic carbocycles. The van der Waals surface area contributed by atoms with Gasteiger partial charge in [-0.3, -0.25) is 0 Å². The van der Waals surface area contributed by atoms with E-state index in [0.717, 1.165) is 43.3 Å². The molecule has 0 unspecified atom stereocenters. The predicted molar refractivity (Wildman–Crippen MR) is 83.7 cm³/mol. The second-order valence-corrected chi connectivity index (χ2v) is 6.09. The average molecular weight is 305 g/mol. The minimum atomic E-state index is 0.173. The van der Waals surface area contributed by atoms with Gasteiger partial charge in [-0.15, -0.1) is 11.3 Å². The maximum Gasteiger partial charge on any atom is 0.134 e. The zero-order chi connectivity index (χ0) is 14.7. The van der Waals surface area contributed by atoms with Crippen molar-refractivity contribution in [2.24, 2.45) is 0 Å². The van der Waals surface area contributed by atoms with Crippen LogP contribution in [0.25, 0.3) is 0 Å². The molecule has 0 amide bonds. The molecule has 112 valence electrons. The number of nitrogens with zero attached hydrogens (tertiary/aromatic N) is 4. The predicted octanol–water partition coefficient (Wildman–Crippen LogP) is 1.81. The van der Waals surface area contributed by atoms with Crippen LogP contribution in [0.3, 0.4) is 0 Å². The lowest BCUT2D eigenvalue weighted by atomic mass is 10.2. The highest BCUT2D eigenvalue weighted by Gasteiger charge is 2.25. The maximum atomic E-state index is 9.42. The third-order valence-corrected chi connectivity index (χ3v) is 4.74. The van der Waals surface area contributed by atoms with Crippen molar-refractivity contribution in [3.63, 3.8) is 0 Å². The van der Waals surface area contributed by atoms with E-state index in [4.69, 9.17) is 0 Å². The highest BCUT2D eigenvalue weighted by molar-refractivity contribution is 7.09. The van der Waals surface area contributed by atoms with Gasteiger partial charge in [0.1, 0.15) is 18.0 Å². The molecule has 2 aromatic heterocycles. The Kier molecular flexibility index (Phi) is 4.31. The van der Waals surface area contributed by atoms with E-state index in [1.54, 1.807) is 17.7 Å². The van der Waals surface area contributed by atoms with Crippen molar-refractivity contribution in [3.05, 3.63) is 28.5 Å². The number of anilines is 2. The van der Waals surface area contributed by atoms with E-state index < -0.39 is 0 Å². The first-order valence-corrected chi connectivity index (χ1v) is 7.98. The number of aliphatic hydroxyl groups excluding tert-OH is 1. The van der Waals surface area contributed by atoms with Crippen LogP contribution < -0.4 is 10.2 Å². The number of aromatic nitrogens is 3. The fourth-order valence-electron chi connectivity index (χ4n) is 2.59. The number of hydrogen-bond acceptors (Lipinski definition) is 7. The third kappa shape index (κ3) is 3.14. The molecule has 0 bridgehead atoms. The topological polar surface area (TPSA) is 74.2 Å². The normalized spacial score (nSPS) is 18.2. The SMILES string of the molecule is Cc1ncsc1CNc1cc(N2CCC[C@H]2CO)ncn1. The first-order valence-electron chi connectivity index (χ1n) is 7.10. The first kappa shape index (κ1) is 14.2. The Balaban J connectivity index is 1.70. The summed E-state index contributed by atoms with van der Waals surface area (Å²) >= 11 is 1.64. The molecule has 1 saturated heterocycles. The van der Waals surface area contributed by atoms with Gasteiger partial charge < -0.3 is 15.3 Å². The summed E-state index contributed by atoms with van der Waals surface area (Å²) in [7, 11) is 0.